The Balaban J connectivity index is 1.97. The van der Waals surface area contributed by atoms with Crippen LogP contribution in [0.4, 0.5) is 0 Å². The molecule has 0 bridgehead atoms. The maximum Gasteiger partial charge on any atom is 0.122 e. The van der Waals surface area contributed by atoms with Crippen molar-refractivity contribution in [3.05, 3.63) is 48.0 Å². The first-order valence-corrected chi connectivity index (χ1v) is 6.66. The second kappa shape index (κ2) is 7.67. The molecule has 0 unspecified atom stereocenters. The minimum absolute atomic E-state index is 0.705. The molecule has 0 saturated heterocycles. The zero-order chi connectivity index (χ0) is 14.2. The molecular formula is C15H21N3O2. The molecule has 1 aromatic heterocycles. The highest BCUT2D eigenvalue weighted by Crippen LogP contribution is 2.14. The smallest absolute Gasteiger partial charge is 0.122 e. The standard InChI is InChI=1S/C15H21N3O2/c1-19-9-7-16-11-15-17-6-8-18(15)12-13-4-3-5-14(10-13)20-2/h3-6,8,10,16H,7,9,11-12H2,1-2H3. The summed E-state index contributed by atoms with van der Waals surface area (Å²) in [5, 5.41) is 3.30. The summed E-state index contributed by atoms with van der Waals surface area (Å²) in [7, 11) is 3.38. The molecule has 2 aromatic rings. The summed E-state index contributed by atoms with van der Waals surface area (Å²) in [6.07, 6.45) is 3.82. The molecule has 0 aliphatic heterocycles. The summed E-state index contributed by atoms with van der Waals surface area (Å²) < 4.78 is 12.4. The average molecular weight is 275 g/mol. The summed E-state index contributed by atoms with van der Waals surface area (Å²) in [5.41, 5.74) is 1.19. The first-order valence-electron chi connectivity index (χ1n) is 6.66. The van der Waals surface area contributed by atoms with E-state index in [2.05, 4.69) is 20.9 Å². The van der Waals surface area contributed by atoms with Gasteiger partial charge >= 0.3 is 0 Å². The zero-order valence-electron chi connectivity index (χ0n) is 12.0. The van der Waals surface area contributed by atoms with Crippen LogP contribution >= 0.6 is 0 Å². The van der Waals surface area contributed by atoms with Crippen LogP contribution in [0.25, 0.3) is 0 Å². The van der Waals surface area contributed by atoms with E-state index in [9.17, 15) is 0 Å². The Kier molecular flexibility index (Phi) is 5.58. The van der Waals surface area contributed by atoms with Crippen LogP contribution in [0.3, 0.4) is 0 Å². The SMILES string of the molecule is COCCNCc1nccn1Cc1cccc(OC)c1. The van der Waals surface area contributed by atoms with Crippen LogP contribution in [-0.4, -0.2) is 36.9 Å². The van der Waals surface area contributed by atoms with E-state index < -0.39 is 0 Å². The van der Waals surface area contributed by atoms with Gasteiger partial charge in [0, 0.05) is 32.6 Å². The molecule has 20 heavy (non-hydrogen) atoms. The van der Waals surface area contributed by atoms with Gasteiger partial charge in [0.2, 0.25) is 0 Å². The summed E-state index contributed by atoms with van der Waals surface area (Å²) in [4.78, 5) is 4.38. The van der Waals surface area contributed by atoms with Crippen LogP contribution in [0.2, 0.25) is 0 Å². The number of ether oxygens (including phenoxy) is 2. The van der Waals surface area contributed by atoms with E-state index in [1.807, 2.05) is 30.6 Å². The van der Waals surface area contributed by atoms with Crippen LogP contribution in [0.1, 0.15) is 11.4 Å². The van der Waals surface area contributed by atoms with Gasteiger partial charge in [0.1, 0.15) is 11.6 Å². The lowest BCUT2D eigenvalue weighted by molar-refractivity contribution is 0.199. The van der Waals surface area contributed by atoms with Gasteiger partial charge in [-0.05, 0) is 17.7 Å². The number of methoxy groups -OCH3 is 2. The van der Waals surface area contributed by atoms with Gasteiger partial charge < -0.3 is 19.4 Å². The van der Waals surface area contributed by atoms with Gasteiger partial charge in [0.25, 0.3) is 0 Å². The predicted molar refractivity (Wildman–Crippen MR) is 77.9 cm³/mol. The third-order valence-corrected chi connectivity index (χ3v) is 3.05. The number of rotatable bonds is 8. The second-order valence-corrected chi connectivity index (χ2v) is 4.49. The zero-order valence-corrected chi connectivity index (χ0v) is 12.0. The topological polar surface area (TPSA) is 48.3 Å². The number of hydrogen-bond donors (Lipinski definition) is 1. The molecule has 5 heteroatoms. The van der Waals surface area contributed by atoms with Gasteiger partial charge in [-0.2, -0.15) is 0 Å². The number of benzene rings is 1. The lowest BCUT2D eigenvalue weighted by Gasteiger charge is -2.10. The molecule has 2 rings (SSSR count). The van der Waals surface area contributed by atoms with Gasteiger partial charge in [-0.3, -0.25) is 0 Å². The van der Waals surface area contributed by atoms with Crippen LogP contribution in [0.15, 0.2) is 36.7 Å². The minimum Gasteiger partial charge on any atom is -0.497 e. The first-order chi connectivity index (χ1) is 9.83. The van der Waals surface area contributed by atoms with Crippen molar-refractivity contribution in [1.29, 1.82) is 0 Å². The average Bonchev–Trinajstić information content (AvgIpc) is 2.91. The fourth-order valence-electron chi connectivity index (χ4n) is 1.99. The Labute approximate surface area is 119 Å². The molecule has 108 valence electrons. The van der Waals surface area contributed by atoms with Crippen molar-refractivity contribution in [1.82, 2.24) is 14.9 Å². The third-order valence-electron chi connectivity index (χ3n) is 3.05. The number of imidazole rings is 1. The van der Waals surface area contributed by atoms with Gasteiger partial charge in [-0.15, -0.1) is 0 Å². The van der Waals surface area contributed by atoms with E-state index in [0.717, 1.165) is 31.2 Å². The van der Waals surface area contributed by atoms with Crippen molar-refractivity contribution in [2.75, 3.05) is 27.4 Å². The lowest BCUT2D eigenvalue weighted by Crippen LogP contribution is -2.21. The monoisotopic (exact) mass is 275 g/mol. The maximum atomic E-state index is 5.24. The fraction of sp³-hybridized carbons (Fsp3) is 0.400. The van der Waals surface area contributed by atoms with Gasteiger partial charge in [-0.25, -0.2) is 4.98 Å². The number of aromatic nitrogens is 2. The predicted octanol–water partition coefficient (Wildman–Crippen LogP) is 1.68. The Hall–Kier alpha value is -1.85. The quantitative estimate of drug-likeness (QED) is 0.745. The van der Waals surface area contributed by atoms with E-state index in [4.69, 9.17) is 9.47 Å². The number of nitrogens with one attached hydrogen (secondary N) is 1. The number of nitrogens with zero attached hydrogens (tertiary/aromatic N) is 2. The summed E-state index contributed by atoms with van der Waals surface area (Å²) in [6, 6.07) is 8.08. The van der Waals surface area contributed by atoms with Crippen LogP contribution in [0, 0.1) is 0 Å². The lowest BCUT2D eigenvalue weighted by atomic mass is 10.2. The molecule has 0 aliphatic carbocycles. The minimum atomic E-state index is 0.705. The Morgan fingerprint density at radius 1 is 1.30 bits per heavy atom. The van der Waals surface area contributed by atoms with Crippen LogP contribution in [0.5, 0.6) is 5.75 Å². The van der Waals surface area contributed by atoms with Crippen molar-refractivity contribution in [2.45, 2.75) is 13.1 Å². The number of hydrogen-bond acceptors (Lipinski definition) is 4. The fourth-order valence-corrected chi connectivity index (χ4v) is 1.99. The van der Waals surface area contributed by atoms with Gasteiger partial charge in [-0.1, -0.05) is 12.1 Å². The molecular weight excluding hydrogens is 254 g/mol. The molecule has 0 spiro atoms. The molecule has 0 radical (unpaired) electrons. The van der Waals surface area contributed by atoms with E-state index in [1.165, 1.54) is 5.56 Å². The third kappa shape index (κ3) is 4.08. The first kappa shape index (κ1) is 14.6. The highest BCUT2D eigenvalue weighted by atomic mass is 16.5. The van der Waals surface area contributed by atoms with Crippen LogP contribution in [-0.2, 0) is 17.8 Å². The Morgan fingerprint density at radius 2 is 2.20 bits per heavy atom. The molecule has 0 atom stereocenters. The second-order valence-electron chi connectivity index (χ2n) is 4.49. The molecule has 1 N–H and O–H groups in total. The van der Waals surface area contributed by atoms with Crippen molar-refractivity contribution >= 4 is 0 Å². The van der Waals surface area contributed by atoms with Crippen molar-refractivity contribution in [2.24, 2.45) is 0 Å². The molecule has 1 heterocycles. The normalized spacial score (nSPS) is 10.7. The molecule has 5 nitrogen and oxygen atoms in total. The van der Waals surface area contributed by atoms with Gasteiger partial charge in [0.15, 0.2) is 0 Å². The van der Waals surface area contributed by atoms with E-state index in [1.54, 1.807) is 14.2 Å². The Morgan fingerprint density at radius 3 is 3.00 bits per heavy atom. The summed E-state index contributed by atoms with van der Waals surface area (Å²) >= 11 is 0. The molecule has 0 aliphatic rings. The molecule has 1 aromatic carbocycles. The van der Waals surface area contributed by atoms with E-state index in [-0.39, 0.29) is 0 Å². The maximum absolute atomic E-state index is 5.24. The van der Waals surface area contributed by atoms with Crippen LogP contribution < -0.4 is 10.1 Å². The molecule has 0 saturated carbocycles. The summed E-state index contributed by atoms with van der Waals surface area (Å²) in [5.74, 6) is 1.89. The van der Waals surface area contributed by atoms with E-state index >= 15 is 0 Å². The van der Waals surface area contributed by atoms with Crippen molar-refractivity contribution in [3.8, 4) is 5.75 Å². The van der Waals surface area contributed by atoms with Crippen molar-refractivity contribution < 1.29 is 9.47 Å². The largest absolute Gasteiger partial charge is 0.497 e. The summed E-state index contributed by atoms with van der Waals surface area (Å²) in [6.45, 7) is 3.05. The van der Waals surface area contributed by atoms with Gasteiger partial charge in [0.05, 0.1) is 20.3 Å². The molecule has 0 fully saturated rings. The Bertz CT molecular complexity index is 525. The highest BCUT2D eigenvalue weighted by Gasteiger charge is 2.04. The van der Waals surface area contributed by atoms with Crippen molar-refractivity contribution in [3.63, 3.8) is 0 Å². The van der Waals surface area contributed by atoms with E-state index in [0.29, 0.717) is 6.61 Å². The highest BCUT2D eigenvalue weighted by molar-refractivity contribution is 5.28. The molecule has 0 amide bonds.